The summed E-state index contributed by atoms with van der Waals surface area (Å²) in [5, 5.41) is 8.79. The molecule has 1 rings (SSSR count). The molecule has 96 valence electrons. The van der Waals surface area contributed by atoms with Crippen LogP contribution in [0.4, 0.5) is 0 Å². The lowest BCUT2D eigenvalue weighted by atomic mass is 10.1. The average Bonchev–Trinajstić information content (AvgIpc) is 2.35. The molecule has 1 aromatic carbocycles. The molecule has 0 aliphatic carbocycles. The van der Waals surface area contributed by atoms with Gasteiger partial charge in [0.2, 0.25) is 5.91 Å². The summed E-state index contributed by atoms with van der Waals surface area (Å²) in [7, 11) is 0. The van der Waals surface area contributed by atoms with Crippen molar-refractivity contribution in [3.05, 3.63) is 34.3 Å². The van der Waals surface area contributed by atoms with Gasteiger partial charge in [-0.25, -0.2) is 0 Å². The highest BCUT2D eigenvalue weighted by Gasteiger charge is 2.15. The van der Waals surface area contributed by atoms with Crippen LogP contribution < -0.4 is 0 Å². The molecular weight excluding hydrogens is 292 g/mol. The summed E-state index contributed by atoms with van der Waals surface area (Å²) < 4.78 is 0.973. The quantitative estimate of drug-likeness (QED) is 0.839. The van der Waals surface area contributed by atoms with Gasteiger partial charge in [-0.15, -0.1) is 0 Å². The van der Waals surface area contributed by atoms with Crippen molar-refractivity contribution in [3.63, 3.8) is 0 Å². The van der Waals surface area contributed by atoms with E-state index in [-0.39, 0.29) is 11.8 Å². The van der Waals surface area contributed by atoms with E-state index in [4.69, 9.17) is 5.26 Å². The Balaban J connectivity index is 2.66. The van der Waals surface area contributed by atoms with Gasteiger partial charge in [-0.3, -0.25) is 4.79 Å². The lowest BCUT2D eigenvalue weighted by Gasteiger charge is -2.22. The zero-order valence-electron chi connectivity index (χ0n) is 10.7. The predicted octanol–water partition coefficient (Wildman–Crippen LogP) is 3.00. The van der Waals surface area contributed by atoms with Gasteiger partial charge in [-0.05, 0) is 31.5 Å². The van der Waals surface area contributed by atoms with E-state index in [1.165, 1.54) is 0 Å². The van der Waals surface area contributed by atoms with Gasteiger partial charge in [0.25, 0.3) is 0 Å². The fraction of sp³-hybridized carbons (Fsp3) is 0.429. The van der Waals surface area contributed by atoms with E-state index in [1.807, 2.05) is 38.1 Å². The number of hydrogen-bond acceptors (Lipinski definition) is 2. The standard InChI is InChI=1S/C14H17BrN2O/c1-3-17(10-11(2)9-16)14(18)8-12-5-4-6-13(15)7-12/h4-7,11H,3,8,10H2,1-2H3. The Morgan fingerprint density at radius 1 is 1.56 bits per heavy atom. The zero-order chi connectivity index (χ0) is 13.5. The summed E-state index contributed by atoms with van der Waals surface area (Å²) in [6, 6.07) is 9.89. The van der Waals surface area contributed by atoms with Crippen molar-refractivity contribution in [1.82, 2.24) is 4.90 Å². The Hall–Kier alpha value is -1.34. The second-order valence-corrected chi connectivity index (χ2v) is 5.18. The third-order valence-electron chi connectivity index (χ3n) is 2.69. The lowest BCUT2D eigenvalue weighted by Crippen LogP contribution is -2.35. The number of nitriles is 1. The van der Waals surface area contributed by atoms with Gasteiger partial charge in [0.05, 0.1) is 18.4 Å². The number of halogens is 1. The maximum atomic E-state index is 12.1. The molecule has 0 saturated heterocycles. The van der Waals surface area contributed by atoms with E-state index in [1.54, 1.807) is 4.90 Å². The number of likely N-dealkylation sites (N-methyl/N-ethyl adjacent to an activating group) is 1. The van der Waals surface area contributed by atoms with Crippen molar-refractivity contribution >= 4 is 21.8 Å². The van der Waals surface area contributed by atoms with Crippen LogP contribution in [0.25, 0.3) is 0 Å². The molecule has 0 spiro atoms. The second-order valence-electron chi connectivity index (χ2n) is 4.27. The molecule has 0 aliphatic rings. The molecule has 0 aliphatic heterocycles. The van der Waals surface area contributed by atoms with Gasteiger partial charge in [-0.2, -0.15) is 5.26 Å². The van der Waals surface area contributed by atoms with E-state index in [9.17, 15) is 4.79 Å². The SMILES string of the molecule is CCN(CC(C)C#N)C(=O)Cc1cccc(Br)c1. The number of rotatable bonds is 5. The molecule has 4 heteroatoms. The summed E-state index contributed by atoms with van der Waals surface area (Å²) in [4.78, 5) is 13.8. The monoisotopic (exact) mass is 308 g/mol. The molecule has 3 nitrogen and oxygen atoms in total. The molecule has 0 saturated carbocycles. The smallest absolute Gasteiger partial charge is 0.227 e. The molecule has 1 atom stereocenters. The van der Waals surface area contributed by atoms with E-state index >= 15 is 0 Å². The molecule has 0 N–H and O–H groups in total. The Morgan fingerprint density at radius 2 is 2.28 bits per heavy atom. The van der Waals surface area contributed by atoms with Crippen LogP contribution >= 0.6 is 15.9 Å². The van der Waals surface area contributed by atoms with E-state index in [2.05, 4.69) is 22.0 Å². The minimum Gasteiger partial charge on any atom is -0.341 e. The van der Waals surface area contributed by atoms with Crippen LogP contribution in [0.1, 0.15) is 19.4 Å². The molecule has 18 heavy (non-hydrogen) atoms. The van der Waals surface area contributed by atoms with Crippen LogP contribution in [0.3, 0.4) is 0 Å². The summed E-state index contributed by atoms with van der Waals surface area (Å²) in [5.41, 5.74) is 0.984. The first-order chi connectivity index (χ1) is 8.56. The van der Waals surface area contributed by atoms with Gasteiger partial charge in [-0.1, -0.05) is 28.1 Å². The normalized spacial score (nSPS) is 11.7. The minimum absolute atomic E-state index is 0.0673. The summed E-state index contributed by atoms with van der Waals surface area (Å²) in [5.74, 6) is -0.0610. The number of nitrogens with zero attached hydrogens (tertiary/aromatic N) is 2. The zero-order valence-corrected chi connectivity index (χ0v) is 12.3. The molecule has 0 heterocycles. The minimum atomic E-state index is -0.128. The molecule has 0 bridgehead atoms. The topological polar surface area (TPSA) is 44.1 Å². The summed E-state index contributed by atoms with van der Waals surface area (Å²) >= 11 is 3.39. The third kappa shape index (κ3) is 4.50. The predicted molar refractivity (Wildman–Crippen MR) is 74.9 cm³/mol. The van der Waals surface area contributed by atoms with E-state index in [0.717, 1.165) is 10.0 Å². The first-order valence-electron chi connectivity index (χ1n) is 5.98. The molecule has 0 fully saturated rings. The van der Waals surface area contributed by atoms with Gasteiger partial charge in [0, 0.05) is 17.6 Å². The third-order valence-corrected chi connectivity index (χ3v) is 3.19. The van der Waals surface area contributed by atoms with E-state index < -0.39 is 0 Å². The van der Waals surface area contributed by atoms with Crippen LogP contribution in [-0.2, 0) is 11.2 Å². The van der Waals surface area contributed by atoms with Crippen molar-refractivity contribution in [2.45, 2.75) is 20.3 Å². The van der Waals surface area contributed by atoms with Gasteiger partial charge < -0.3 is 4.90 Å². The molecule has 0 aromatic heterocycles. The first kappa shape index (κ1) is 14.7. The average molecular weight is 309 g/mol. The Labute approximate surface area is 117 Å². The van der Waals surface area contributed by atoms with Crippen LogP contribution in [0, 0.1) is 17.2 Å². The van der Waals surface area contributed by atoms with Crippen molar-refractivity contribution in [2.24, 2.45) is 5.92 Å². The number of hydrogen-bond donors (Lipinski definition) is 0. The largest absolute Gasteiger partial charge is 0.341 e. The molecular formula is C14H17BrN2O. The van der Waals surface area contributed by atoms with Crippen molar-refractivity contribution in [3.8, 4) is 6.07 Å². The maximum absolute atomic E-state index is 12.1. The second kappa shape index (κ2) is 7.17. The van der Waals surface area contributed by atoms with Crippen LogP contribution in [0.2, 0.25) is 0 Å². The van der Waals surface area contributed by atoms with Crippen LogP contribution in [0.5, 0.6) is 0 Å². The van der Waals surface area contributed by atoms with E-state index in [0.29, 0.717) is 19.5 Å². The summed E-state index contributed by atoms with van der Waals surface area (Å²) in [6.07, 6.45) is 0.380. The van der Waals surface area contributed by atoms with Crippen LogP contribution in [0.15, 0.2) is 28.7 Å². The fourth-order valence-corrected chi connectivity index (χ4v) is 2.16. The number of carbonyl (C=O) groups is 1. The van der Waals surface area contributed by atoms with Crippen molar-refractivity contribution < 1.29 is 4.79 Å². The Morgan fingerprint density at radius 3 is 2.83 bits per heavy atom. The molecule has 0 radical (unpaired) electrons. The highest BCUT2D eigenvalue weighted by molar-refractivity contribution is 9.10. The van der Waals surface area contributed by atoms with Crippen molar-refractivity contribution in [2.75, 3.05) is 13.1 Å². The number of benzene rings is 1. The lowest BCUT2D eigenvalue weighted by molar-refractivity contribution is -0.130. The highest BCUT2D eigenvalue weighted by Crippen LogP contribution is 2.13. The Bertz CT molecular complexity index is 453. The highest BCUT2D eigenvalue weighted by atomic mass is 79.9. The van der Waals surface area contributed by atoms with Gasteiger partial charge >= 0.3 is 0 Å². The Kier molecular flexibility index (Phi) is 5.87. The van der Waals surface area contributed by atoms with Gasteiger partial charge in [0.1, 0.15) is 0 Å². The maximum Gasteiger partial charge on any atom is 0.227 e. The molecule has 1 unspecified atom stereocenters. The van der Waals surface area contributed by atoms with Crippen molar-refractivity contribution in [1.29, 1.82) is 5.26 Å². The van der Waals surface area contributed by atoms with Gasteiger partial charge in [0.15, 0.2) is 0 Å². The van der Waals surface area contributed by atoms with Crippen LogP contribution in [-0.4, -0.2) is 23.9 Å². The summed E-state index contributed by atoms with van der Waals surface area (Å²) in [6.45, 7) is 4.90. The first-order valence-corrected chi connectivity index (χ1v) is 6.78. The fourth-order valence-electron chi connectivity index (χ4n) is 1.71. The number of amides is 1. The molecule has 1 aromatic rings. The molecule has 1 amide bonds. The number of carbonyl (C=O) groups excluding carboxylic acids is 1.